The van der Waals surface area contributed by atoms with Gasteiger partial charge < -0.3 is 25.4 Å². The van der Waals surface area contributed by atoms with Gasteiger partial charge in [-0.1, -0.05) is 18.2 Å². The van der Waals surface area contributed by atoms with Crippen LogP contribution < -0.4 is 11.4 Å². The maximum Gasteiger partial charge on any atom is 0.351 e. The lowest BCUT2D eigenvalue weighted by Crippen LogP contribution is -2.49. The topological polar surface area (TPSA) is 137 Å². The van der Waals surface area contributed by atoms with Gasteiger partial charge in [0.2, 0.25) is 0 Å². The van der Waals surface area contributed by atoms with Gasteiger partial charge in [0.25, 0.3) is 0 Å². The van der Waals surface area contributed by atoms with Gasteiger partial charge >= 0.3 is 11.7 Å². The first-order valence-corrected chi connectivity index (χ1v) is 8.58. The number of rotatable bonds is 5. The third-order valence-corrected chi connectivity index (χ3v) is 4.77. The SMILES string of the molecule is Nc1ccn([C@@H]2O[C@](CCl)(COC(=O)c3ccccc3)[C@@H](O)[C@H]2O)c(=O)n1. The fourth-order valence-electron chi connectivity index (χ4n) is 2.80. The Hall–Kier alpha value is -2.46. The molecule has 1 aliphatic heterocycles. The quantitative estimate of drug-likeness (QED) is 0.472. The number of esters is 1. The van der Waals surface area contributed by atoms with Gasteiger partial charge in [-0.05, 0) is 18.2 Å². The van der Waals surface area contributed by atoms with Crippen LogP contribution in [-0.4, -0.2) is 56.0 Å². The minimum Gasteiger partial charge on any atom is -0.459 e. The molecule has 1 fully saturated rings. The molecule has 0 saturated carbocycles. The number of anilines is 1. The molecular weight excluding hydrogens is 378 g/mol. The summed E-state index contributed by atoms with van der Waals surface area (Å²) in [4.78, 5) is 27.7. The number of carbonyl (C=O) groups excluding carboxylic acids is 1. The molecule has 27 heavy (non-hydrogen) atoms. The normalized spacial score (nSPS) is 27.4. The van der Waals surface area contributed by atoms with Crippen molar-refractivity contribution >= 4 is 23.4 Å². The number of alkyl halides is 1. The first-order chi connectivity index (χ1) is 12.9. The summed E-state index contributed by atoms with van der Waals surface area (Å²) < 4.78 is 11.9. The molecule has 1 aromatic carbocycles. The van der Waals surface area contributed by atoms with E-state index in [1.807, 2.05) is 0 Å². The summed E-state index contributed by atoms with van der Waals surface area (Å²) in [5.41, 5.74) is 3.39. The van der Waals surface area contributed by atoms with E-state index in [4.69, 9.17) is 26.8 Å². The molecule has 4 atom stereocenters. The van der Waals surface area contributed by atoms with E-state index in [1.54, 1.807) is 30.3 Å². The minimum atomic E-state index is -1.60. The zero-order chi connectivity index (χ0) is 19.6. The molecular formula is C17H18ClN3O6. The van der Waals surface area contributed by atoms with Crippen LogP contribution in [0.5, 0.6) is 0 Å². The number of aliphatic hydroxyl groups excluding tert-OH is 2. The first-order valence-electron chi connectivity index (χ1n) is 8.05. The van der Waals surface area contributed by atoms with Crippen LogP contribution >= 0.6 is 11.6 Å². The van der Waals surface area contributed by atoms with Crippen molar-refractivity contribution in [2.24, 2.45) is 0 Å². The molecule has 0 amide bonds. The van der Waals surface area contributed by atoms with E-state index in [2.05, 4.69) is 4.98 Å². The highest BCUT2D eigenvalue weighted by atomic mass is 35.5. The fraction of sp³-hybridized carbons (Fsp3) is 0.353. The van der Waals surface area contributed by atoms with Crippen LogP contribution in [0.2, 0.25) is 0 Å². The van der Waals surface area contributed by atoms with Crippen molar-refractivity contribution in [2.75, 3.05) is 18.2 Å². The Morgan fingerprint density at radius 1 is 1.33 bits per heavy atom. The summed E-state index contributed by atoms with van der Waals surface area (Å²) in [5, 5.41) is 20.8. The Labute approximate surface area is 158 Å². The Balaban J connectivity index is 1.80. The number of aliphatic hydroxyl groups is 2. The number of hydrogen-bond acceptors (Lipinski definition) is 8. The standard InChI is InChI=1S/C17H18ClN3O6/c18-8-17(9-26-15(24)10-4-2-1-3-5-10)13(23)12(22)14(27-17)21-7-6-11(19)20-16(21)25/h1-7,12-14,22-23H,8-9H2,(H2,19,20,25)/t12-,13+,14-,17-/m1/s1. The van der Waals surface area contributed by atoms with Crippen LogP contribution in [0.25, 0.3) is 0 Å². The number of ether oxygens (including phenoxy) is 2. The number of nitrogens with two attached hydrogens (primary N) is 1. The average molecular weight is 396 g/mol. The summed E-state index contributed by atoms with van der Waals surface area (Å²) in [6.45, 7) is -0.421. The molecule has 1 aromatic heterocycles. The van der Waals surface area contributed by atoms with Gasteiger partial charge in [0, 0.05) is 6.20 Å². The minimum absolute atomic E-state index is 0.00434. The molecule has 4 N–H and O–H groups in total. The number of aromatic nitrogens is 2. The average Bonchev–Trinajstić information content (AvgIpc) is 2.92. The van der Waals surface area contributed by atoms with Crippen LogP contribution in [0.3, 0.4) is 0 Å². The molecule has 9 nitrogen and oxygen atoms in total. The molecule has 0 spiro atoms. The summed E-state index contributed by atoms with van der Waals surface area (Å²) in [6.07, 6.45) is -2.99. The van der Waals surface area contributed by atoms with Crippen molar-refractivity contribution in [3.63, 3.8) is 0 Å². The van der Waals surface area contributed by atoms with Crippen LogP contribution in [0.1, 0.15) is 16.6 Å². The van der Waals surface area contributed by atoms with E-state index < -0.39 is 42.3 Å². The third-order valence-electron chi connectivity index (χ3n) is 4.32. The van der Waals surface area contributed by atoms with Crippen LogP contribution in [-0.2, 0) is 9.47 Å². The number of halogens is 1. The zero-order valence-corrected chi connectivity index (χ0v) is 14.8. The van der Waals surface area contributed by atoms with E-state index in [-0.39, 0.29) is 11.7 Å². The van der Waals surface area contributed by atoms with Crippen molar-refractivity contribution in [3.05, 3.63) is 58.6 Å². The Morgan fingerprint density at radius 3 is 2.67 bits per heavy atom. The van der Waals surface area contributed by atoms with Crippen molar-refractivity contribution in [2.45, 2.75) is 24.0 Å². The van der Waals surface area contributed by atoms with Crippen molar-refractivity contribution in [3.8, 4) is 0 Å². The van der Waals surface area contributed by atoms with Gasteiger partial charge in [-0.3, -0.25) is 4.57 Å². The molecule has 144 valence electrons. The molecule has 2 aromatic rings. The maximum absolute atomic E-state index is 12.1. The highest BCUT2D eigenvalue weighted by Crippen LogP contribution is 2.38. The zero-order valence-electron chi connectivity index (χ0n) is 14.1. The van der Waals surface area contributed by atoms with E-state index in [0.717, 1.165) is 4.57 Å². The lowest BCUT2D eigenvalue weighted by molar-refractivity contribution is -0.118. The third kappa shape index (κ3) is 3.67. The summed E-state index contributed by atoms with van der Waals surface area (Å²) in [6, 6.07) is 9.59. The van der Waals surface area contributed by atoms with E-state index >= 15 is 0 Å². The lowest BCUT2D eigenvalue weighted by Gasteiger charge is -2.29. The first kappa shape index (κ1) is 19.3. The Bertz CT molecular complexity index is 876. The highest BCUT2D eigenvalue weighted by Gasteiger charge is 2.55. The molecule has 3 rings (SSSR count). The number of nitrogens with zero attached hydrogens (tertiary/aromatic N) is 2. The van der Waals surface area contributed by atoms with E-state index in [0.29, 0.717) is 5.56 Å². The van der Waals surface area contributed by atoms with E-state index in [9.17, 15) is 19.8 Å². The smallest absolute Gasteiger partial charge is 0.351 e. The molecule has 0 bridgehead atoms. The van der Waals surface area contributed by atoms with E-state index in [1.165, 1.54) is 12.3 Å². The fourth-order valence-corrected chi connectivity index (χ4v) is 3.10. The van der Waals surface area contributed by atoms with Crippen molar-refractivity contribution in [1.29, 1.82) is 0 Å². The summed E-state index contributed by atoms with van der Waals surface area (Å²) >= 11 is 5.96. The monoisotopic (exact) mass is 395 g/mol. The number of carbonyl (C=O) groups is 1. The second kappa shape index (κ2) is 7.65. The van der Waals surface area contributed by atoms with Gasteiger partial charge in [-0.2, -0.15) is 4.98 Å². The Kier molecular flexibility index (Phi) is 5.47. The van der Waals surface area contributed by atoms with Crippen LogP contribution in [0.15, 0.2) is 47.4 Å². The molecule has 2 heterocycles. The van der Waals surface area contributed by atoms with Gasteiger partial charge in [0.15, 0.2) is 6.23 Å². The number of benzene rings is 1. The second-order valence-corrected chi connectivity index (χ2v) is 6.39. The van der Waals surface area contributed by atoms with Crippen molar-refractivity contribution in [1.82, 2.24) is 9.55 Å². The molecule has 0 radical (unpaired) electrons. The van der Waals surface area contributed by atoms with Gasteiger partial charge in [-0.25, -0.2) is 9.59 Å². The molecule has 0 aliphatic carbocycles. The Morgan fingerprint density at radius 2 is 2.04 bits per heavy atom. The largest absolute Gasteiger partial charge is 0.459 e. The van der Waals surface area contributed by atoms with Crippen molar-refractivity contribution < 1.29 is 24.5 Å². The number of nitrogen functional groups attached to an aromatic ring is 1. The van der Waals surface area contributed by atoms with Gasteiger partial charge in [-0.15, -0.1) is 11.6 Å². The molecule has 1 saturated heterocycles. The number of hydrogen-bond donors (Lipinski definition) is 3. The van der Waals surface area contributed by atoms with Gasteiger partial charge in [0.1, 0.15) is 30.2 Å². The predicted molar refractivity (Wildman–Crippen MR) is 95.2 cm³/mol. The molecule has 10 heteroatoms. The summed E-state index contributed by atoms with van der Waals surface area (Å²) in [5.74, 6) is -0.925. The maximum atomic E-state index is 12.1. The second-order valence-electron chi connectivity index (χ2n) is 6.13. The van der Waals surface area contributed by atoms with Crippen LogP contribution in [0.4, 0.5) is 5.82 Å². The highest BCUT2D eigenvalue weighted by molar-refractivity contribution is 6.18. The predicted octanol–water partition coefficient (Wildman–Crippen LogP) is -0.0893. The van der Waals surface area contributed by atoms with Gasteiger partial charge in [0.05, 0.1) is 11.4 Å². The molecule has 1 aliphatic rings. The summed E-state index contributed by atoms with van der Waals surface area (Å²) in [7, 11) is 0. The van der Waals surface area contributed by atoms with Crippen LogP contribution in [0, 0.1) is 0 Å². The lowest BCUT2D eigenvalue weighted by atomic mass is 9.98. The molecule has 0 unspecified atom stereocenters.